The van der Waals surface area contributed by atoms with Crippen LogP contribution in [-0.4, -0.2) is 11.2 Å². The van der Waals surface area contributed by atoms with Crippen molar-refractivity contribution in [3.05, 3.63) is 71.1 Å². The molecule has 2 aromatic carbocycles. The fraction of sp³-hybridized carbons (Fsp3) is 0.150. The summed E-state index contributed by atoms with van der Waals surface area (Å²) in [4.78, 5) is 12.8. The van der Waals surface area contributed by atoms with Gasteiger partial charge < -0.3 is 10.4 Å². The molecule has 0 bridgehead atoms. The summed E-state index contributed by atoms with van der Waals surface area (Å²) in [5, 5.41) is 11.1. The van der Waals surface area contributed by atoms with E-state index >= 15 is 0 Å². The Morgan fingerprint density at radius 2 is 1.88 bits per heavy atom. The number of carbonyl (C=O) groups is 1. The maximum Gasteiger partial charge on any atom is 0.404 e. The lowest BCUT2D eigenvalue weighted by Crippen LogP contribution is -2.19. The summed E-state index contributed by atoms with van der Waals surface area (Å²) in [6.45, 7) is 2.52. The van der Waals surface area contributed by atoms with Gasteiger partial charge in [0, 0.05) is 9.77 Å². The number of nitrogens with one attached hydrogen (secondary N) is 1. The van der Waals surface area contributed by atoms with E-state index in [0.717, 1.165) is 15.5 Å². The Kier molecular flexibility index (Phi) is 5.79. The summed E-state index contributed by atoms with van der Waals surface area (Å²) < 4.78 is 1.16. The summed E-state index contributed by atoms with van der Waals surface area (Å²) >= 11 is 3.35. The van der Waals surface area contributed by atoms with Crippen LogP contribution in [0.15, 0.2) is 69.8 Å². The van der Waals surface area contributed by atoms with E-state index in [1.807, 2.05) is 12.1 Å². The van der Waals surface area contributed by atoms with Crippen molar-refractivity contribution < 1.29 is 9.90 Å². The second-order valence-corrected chi connectivity index (χ2v) is 8.11. The van der Waals surface area contributed by atoms with Gasteiger partial charge in [-0.3, -0.25) is 0 Å². The van der Waals surface area contributed by atoms with Crippen LogP contribution < -0.4 is 5.32 Å². The molecule has 3 nitrogen and oxygen atoms in total. The Labute approximate surface area is 155 Å². The second kappa shape index (κ2) is 8.23. The molecular weight excluding hydrogens is 350 g/mol. The van der Waals surface area contributed by atoms with Crippen molar-refractivity contribution in [3.63, 3.8) is 0 Å². The molecule has 0 saturated heterocycles. The quantitative estimate of drug-likeness (QED) is 0.569. The smallest absolute Gasteiger partial charge is 0.404 e. The molecule has 1 amide bonds. The lowest BCUT2D eigenvalue weighted by molar-refractivity contribution is 0.194. The van der Waals surface area contributed by atoms with Crippen molar-refractivity contribution in [1.82, 2.24) is 5.32 Å². The summed E-state index contributed by atoms with van der Waals surface area (Å²) in [6.07, 6.45) is -0.00216. The molecule has 0 fully saturated rings. The molecule has 0 atom stereocenters. The van der Waals surface area contributed by atoms with Gasteiger partial charge in [-0.1, -0.05) is 55.1 Å². The lowest BCUT2D eigenvalue weighted by atomic mass is 10.0. The normalized spacial score (nSPS) is 10.6. The van der Waals surface area contributed by atoms with Crippen LogP contribution in [0.3, 0.4) is 0 Å². The van der Waals surface area contributed by atoms with Crippen LogP contribution >= 0.6 is 23.1 Å². The van der Waals surface area contributed by atoms with E-state index in [2.05, 4.69) is 60.8 Å². The maximum absolute atomic E-state index is 10.6. The van der Waals surface area contributed by atoms with Gasteiger partial charge in [0.1, 0.15) is 0 Å². The Hall–Kier alpha value is -2.24. The average molecular weight is 370 g/mol. The summed E-state index contributed by atoms with van der Waals surface area (Å²) in [6, 6.07) is 21.1. The van der Waals surface area contributed by atoms with Gasteiger partial charge in [-0.25, -0.2) is 4.79 Å². The maximum atomic E-state index is 10.6. The van der Waals surface area contributed by atoms with Gasteiger partial charge in [-0.15, -0.1) is 11.3 Å². The molecule has 5 heteroatoms. The van der Waals surface area contributed by atoms with Gasteiger partial charge in [0.05, 0.1) is 10.8 Å². The number of hydrogen-bond donors (Lipinski definition) is 2. The van der Waals surface area contributed by atoms with Crippen molar-refractivity contribution in [2.24, 2.45) is 0 Å². The highest BCUT2D eigenvalue weighted by atomic mass is 32.2. The monoisotopic (exact) mass is 369 g/mol. The Balaban J connectivity index is 1.81. The van der Waals surface area contributed by atoms with E-state index in [1.165, 1.54) is 21.6 Å². The molecule has 3 rings (SSSR count). The van der Waals surface area contributed by atoms with Gasteiger partial charge in [-0.2, -0.15) is 0 Å². The SMILES string of the molecule is CCc1cc(Sc2ccc(CNC(=O)O)s2)cc(-c2ccccc2)c1. The van der Waals surface area contributed by atoms with Crippen LogP contribution in [0.5, 0.6) is 0 Å². The summed E-state index contributed by atoms with van der Waals surface area (Å²) in [5.41, 5.74) is 3.76. The van der Waals surface area contributed by atoms with Gasteiger partial charge >= 0.3 is 6.09 Å². The van der Waals surface area contributed by atoms with Gasteiger partial charge in [0.15, 0.2) is 0 Å². The molecule has 0 aliphatic rings. The Morgan fingerprint density at radius 3 is 2.60 bits per heavy atom. The number of hydrogen-bond acceptors (Lipinski definition) is 3. The minimum atomic E-state index is -0.995. The zero-order valence-corrected chi connectivity index (χ0v) is 15.5. The van der Waals surface area contributed by atoms with Crippen LogP contribution in [-0.2, 0) is 13.0 Å². The topological polar surface area (TPSA) is 49.3 Å². The zero-order chi connectivity index (χ0) is 17.6. The van der Waals surface area contributed by atoms with Crippen LogP contribution in [0.4, 0.5) is 4.79 Å². The number of amides is 1. The molecule has 128 valence electrons. The van der Waals surface area contributed by atoms with Crippen LogP contribution in [0.2, 0.25) is 0 Å². The standard InChI is InChI=1S/C20H19NO2S2/c1-2-14-10-16(15-6-4-3-5-7-15)12-18(11-14)25-19-9-8-17(24-19)13-21-20(22)23/h3-12,21H,2,13H2,1H3,(H,22,23). The van der Waals surface area contributed by atoms with Crippen LogP contribution in [0, 0.1) is 0 Å². The highest BCUT2D eigenvalue weighted by Gasteiger charge is 2.07. The van der Waals surface area contributed by atoms with E-state index in [9.17, 15) is 4.79 Å². The first kappa shape index (κ1) is 17.6. The van der Waals surface area contributed by atoms with Gasteiger partial charge in [0.2, 0.25) is 0 Å². The molecule has 0 aliphatic carbocycles. The molecule has 0 radical (unpaired) electrons. The van der Waals surface area contributed by atoms with Crippen LogP contribution in [0.1, 0.15) is 17.4 Å². The number of thiophene rings is 1. The van der Waals surface area contributed by atoms with Crippen LogP contribution in [0.25, 0.3) is 11.1 Å². The predicted octanol–water partition coefficient (Wildman–Crippen LogP) is 5.90. The van der Waals surface area contributed by atoms with Gasteiger partial charge in [0.25, 0.3) is 0 Å². The minimum Gasteiger partial charge on any atom is -0.465 e. The molecule has 1 aromatic heterocycles. The Morgan fingerprint density at radius 1 is 1.08 bits per heavy atom. The molecule has 3 aromatic rings. The molecule has 1 heterocycles. The third kappa shape index (κ3) is 4.87. The molecule has 25 heavy (non-hydrogen) atoms. The van der Waals surface area contributed by atoms with Crippen molar-refractivity contribution in [1.29, 1.82) is 0 Å². The number of benzene rings is 2. The van der Waals surface area contributed by atoms with Gasteiger partial charge in [-0.05, 0) is 47.4 Å². The number of aryl methyl sites for hydroxylation is 1. The molecule has 0 unspecified atom stereocenters. The number of carboxylic acid groups (broad SMARTS) is 1. The highest BCUT2D eigenvalue weighted by molar-refractivity contribution is 8.01. The van der Waals surface area contributed by atoms with E-state index in [4.69, 9.17) is 5.11 Å². The van der Waals surface area contributed by atoms with Crippen molar-refractivity contribution in [2.45, 2.75) is 29.0 Å². The third-order valence-electron chi connectivity index (χ3n) is 3.75. The Bertz CT molecular complexity index is 859. The number of rotatable bonds is 6. The van der Waals surface area contributed by atoms with E-state index in [1.54, 1.807) is 23.1 Å². The second-order valence-electron chi connectivity index (χ2n) is 5.57. The molecule has 0 aliphatic heterocycles. The molecule has 0 saturated carbocycles. The largest absolute Gasteiger partial charge is 0.465 e. The minimum absolute atomic E-state index is 0.352. The van der Waals surface area contributed by atoms with Crippen molar-refractivity contribution in [3.8, 4) is 11.1 Å². The average Bonchev–Trinajstić information content (AvgIpc) is 3.07. The van der Waals surface area contributed by atoms with Crippen molar-refractivity contribution in [2.75, 3.05) is 0 Å². The fourth-order valence-electron chi connectivity index (χ4n) is 2.51. The molecule has 2 N–H and O–H groups in total. The van der Waals surface area contributed by atoms with E-state index in [-0.39, 0.29) is 0 Å². The highest BCUT2D eigenvalue weighted by Crippen LogP contribution is 2.36. The summed E-state index contributed by atoms with van der Waals surface area (Å²) in [7, 11) is 0. The first-order valence-corrected chi connectivity index (χ1v) is 9.70. The molecular formula is C20H19NO2S2. The third-order valence-corrected chi connectivity index (χ3v) is 5.94. The van der Waals surface area contributed by atoms with E-state index in [0.29, 0.717) is 6.54 Å². The summed E-state index contributed by atoms with van der Waals surface area (Å²) in [5.74, 6) is 0. The lowest BCUT2D eigenvalue weighted by Gasteiger charge is -2.08. The van der Waals surface area contributed by atoms with E-state index < -0.39 is 6.09 Å². The molecule has 0 spiro atoms. The fourth-order valence-corrected chi connectivity index (χ4v) is 4.72. The van der Waals surface area contributed by atoms with Crippen molar-refractivity contribution >= 4 is 29.2 Å². The first-order valence-electron chi connectivity index (χ1n) is 8.07. The predicted molar refractivity (Wildman–Crippen MR) is 105 cm³/mol. The first-order chi connectivity index (χ1) is 12.1. The zero-order valence-electron chi connectivity index (χ0n) is 13.9.